The lowest BCUT2D eigenvalue weighted by Crippen LogP contribution is -2.41. The smallest absolute Gasteiger partial charge is 0.223 e. The Kier molecular flexibility index (Phi) is 6.08. The highest BCUT2D eigenvalue weighted by atomic mass is 16.5. The van der Waals surface area contributed by atoms with Gasteiger partial charge in [-0.15, -0.1) is 0 Å². The molecule has 4 rings (SSSR count). The summed E-state index contributed by atoms with van der Waals surface area (Å²) in [4.78, 5) is 12.5. The summed E-state index contributed by atoms with van der Waals surface area (Å²) < 4.78 is 11.8. The number of aryl methyl sites for hydroxylation is 1. The lowest BCUT2D eigenvalue weighted by molar-refractivity contribution is -0.126. The number of rotatable bonds is 6. The third-order valence-electron chi connectivity index (χ3n) is 6.28. The van der Waals surface area contributed by atoms with Gasteiger partial charge in [0.1, 0.15) is 0 Å². The topological polar surface area (TPSA) is 47.6 Å². The molecule has 154 valence electrons. The first-order valence-corrected chi connectivity index (χ1v) is 10.8. The average molecular weight is 394 g/mol. The van der Waals surface area contributed by atoms with E-state index in [2.05, 4.69) is 48.6 Å². The minimum atomic E-state index is -0.00291. The molecule has 0 radical (unpaired) electrons. The third-order valence-corrected chi connectivity index (χ3v) is 6.28. The van der Waals surface area contributed by atoms with E-state index in [0.717, 1.165) is 37.2 Å². The molecule has 4 nitrogen and oxygen atoms in total. The molecular weight excluding hydrogens is 362 g/mol. The maximum atomic E-state index is 12.5. The van der Waals surface area contributed by atoms with Gasteiger partial charge in [-0.2, -0.15) is 0 Å². The zero-order valence-electron chi connectivity index (χ0n) is 17.4. The second kappa shape index (κ2) is 8.89. The van der Waals surface area contributed by atoms with Crippen molar-refractivity contribution in [2.75, 3.05) is 13.7 Å². The molecule has 0 aromatic heterocycles. The highest BCUT2D eigenvalue weighted by molar-refractivity contribution is 5.80. The normalized spacial score (nSPS) is 22.3. The van der Waals surface area contributed by atoms with Crippen LogP contribution in [-0.4, -0.2) is 25.7 Å². The van der Waals surface area contributed by atoms with Crippen LogP contribution >= 0.6 is 0 Å². The van der Waals surface area contributed by atoms with Crippen LogP contribution in [0.5, 0.6) is 11.5 Å². The van der Waals surface area contributed by atoms with Crippen LogP contribution in [0, 0.1) is 12.8 Å². The minimum Gasteiger partial charge on any atom is -0.493 e. The van der Waals surface area contributed by atoms with Crippen LogP contribution < -0.4 is 14.8 Å². The maximum Gasteiger partial charge on any atom is 0.223 e. The molecule has 1 amide bonds. The van der Waals surface area contributed by atoms with Gasteiger partial charge in [0.05, 0.1) is 13.2 Å². The van der Waals surface area contributed by atoms with Crippen molar-refractivity contribution in [2.45, 2.75) is 57.5 Å². The molecule has 2 aromatic rings. The molecular formula is C25H31NO3. The Bertz CT molecular complexity index is 857. The first kappa shape index (κ1) is 19.8. The Balaban J connectivity index is 1.50. The number of hydrogen-bond donors (Lipinski definition) is 1. The molecule has 2 unspecified atom stereocenters. The lowest BCUT2D eigenvalue weighted by Gasteiger charge is -2.30. The Morgan fingerprint density at radius 2 is 1.90 bits per heavy atom. The third kappa shape index (κ3) is 4.75. The summed E-state index contributed by atoms with van der Waals surface area (Å²) >= 11 is 0. The number of carbonyl (C=O) groups is 1. The summed E-state index contributed by atoms with van der Waals surface area (Å²) in [6.07, 6.45) is 6.64. The maximum absolute atomic E-state index is 12.5. The van der Waals surface area contributed by atoms with Crippen LogP contribution in [0.15, 0.2) is 42.5 Å². The average Bonchev–Trinajstić information content (AvgIpc) is 3.23. The summed E-state index contributed by atoms with van der Waals surface area (Å²) in [5, 5.41) is 3.13. The highest BCUT2D eigenvalue weighted by Gasteiger charge is 2.30. The molecule has 1 heterocycles. The summed E-state index contributed by atoms with van der Waals surface area (Å²) in [7, 11) is 1.69. The fourth-order valence-corrected chi connectivity index (χ4v) is 4.68. The lowest BCUT2D eigenvalue weighted by atomic mass is 9.82. The number of nitrogens with one attached hydrogen (secondary N) is 1. The van der Waals surface area contributed by atoms with Crippen LogP contribution in [0.4, 0.5) is 0 Å². The predicted molar refractivity (Wildman–Crippen MR) is 115 cm³/mol. The number of hydrogen-bond acceptors (Lipinski definition) is 3. The highest BCUT2D eigenvalue weighted by Crippen LogP contribution is 2.37. The summed E-state index contributed by atoms with van der Waals surface area (Å²) in [6.45, 7) is 2.77. The zero-order chi connectivity index (χ0) is 20.2. The van der Waals surface area contributed by atoms with Crippen LogP contribution in [-0.2, 0) is 11.2 Å². The molecule has 2 fully saturated rings. The van der Waals surface area contributed by atoms with Crippen molar-refractivity contribution >= 4 is 5.91 Å². The van der Waals surface area contributed by atoms with E-state index in [9.17, 15) is 4.79 Å². The van der Waals surface area contributed by atoms with E-state index in [1.165, 1.54) is 29.5 Å². The number of methoxy groups -OCH3 is 1. The van der Waals surface area contributed by atoms with E-state index >= 15 is 0 Å². The monoisotopic (exact) mass is 393 g/mol. The number of ether oxygens (including phenoxy) is 2. The van der Waals surface area contributed by atoms with Crippen molar-refractivity contribution < 1.29 is 14.3 Å². The van der Waals surface area contributed by atoms with Crippen LogP contribution in [0.1, 0.15) is 54.7 Å². The molecule has 1 saturated carbocycles. The number of carbonyl (C=O) groups excluding carboxylic acids is 1. The Hall–Kier alpha value is -2.49. The molecule has 4 heteroatoms. The van der Waals surface area contributed by atoms with Gasteiger partial charge in [-0.25, -0.2) is 0 Å². The molecule has 2 aliphatic rings. The molecule has 2 atom stereocenters. The van der Waals surface area contributed by atoms with Crippen LogP contribution in [0.25, 0.3) is 0 Å². The fraction of sp³-hybridized carbons (Fsp3) is 0.480. The van der Waals surface area contributed by atoms with Gasteiger partial charge in [0.2, 0.25) is 5.91 Å². The van der Waals surface area contributed by atoms with Gasteiger partial charge in [-0.3, -0.25) is 4.79 Å². The molecule has 29 heavy (non-hydrogen) atoms. The summed E-state index contributed by atoms with van der Waals surface area (Å²) in [5.41, 5.74) is 3.68. The van der Waals surface area contributed by atoms with E-state index < -0.39 is 0 Å². The molecule has 1 N–H and O–H groups in total. The van der Waals surface area contributed by atoms with Gasteiger partial charge >= 0.3 is 0 Å². The van der Waals surface area contributed by atoms with Gasteiger partial charge in [0.25, 0.3) is 0 Å². The molecule has 1 aliphatic heterocycles. The van der Waals surface area contributed by atoms with Crippen molar-refractivity contribution in [3.05, 3.63) is 59.2 Å². The Labute approximate surface area is 173 Å². The zero-order valence-corrected chi connectivity index (χ0v) is 17.4. The minimum absolute atomic E-state index is 0.00291. The van der Waals surface area contributed by atoms with Gasteiger partial charge in [-0.1, -0.05) is 35.9 Å². The van der Waals surface area contributed by atoms with Crippen molar-refractivity contribution in [3.63, 3.8) is 0 Å². The first-order valence-electron chi connectivity index (χ1n) is 10.8. The fourth-order valence-electron chi connectivity index (χ4n) is 4.68. The van der Waals surface area contributed by atoms with Crippen LogP contribution in [0.3, 0.4) is 0 Å². The Morgan fingerprint density at radius 3 is 2.66 bits per heavy atom. The van der Waals surface area contributed by atoms with Crippen molar-refractivity contribution in [1.82, 2.24) is 5.32 Å². The van der Waals surface area contributed by atoms with Crippen molar-refractivity contribution in [3.8, 4) is 11.5 Å². The number of benzene rings is 2. The van der Waals surface area contributed by atoms with Crippen LogP contribution in [0.2, 0.25) is 0 Å². The second-order valence-electron chi connectivity index (χ2n) is 8.50. The standard InChI is InChI=1S/C25H31NO3/c1-17-6-5-7-18(12-17)13-20-14-21(16-26-25(20)27)19-10-11-23(28-2)24(15-19)29-22-8-3-4-9-22/h5-7,10-12,15,20-22H,3-4,8-9,13-14,16H2,1-2H3,(H,26,27). The summed E-state index contributed by atoms with van der Waals surface area (Å²) in [5.74, 6) is 2.08. The van der Waals surface area contributed by atoms with E-state index in [4.69, 9.17) is 9.47 Å². The second-order valence-corrected chi connectivity index (χ2v) is 8.50. The van der Waals surface area contributed by atoms with Crippen molar-refractivity contribution in [1.29, 1.82) is 0 Å². The van der Waals surface area contributed by atoms with Gasteiger partial charge < -0.3 is 14.8 Å². The van der Waals surface area contributed by atoms with Gasteiger partial charge in [0.15, 0.2) is 11.5 Å². The molecule has 1 saturated heterocycles. The number of piperidine rings is 1. The first-order chi connectivity index (χ1) is 14.1. The summed E-state index contributed by atoms with van der Waals surface area (Å²) in [6, 6.07) is 14.7. The van der Waals surface area contributed by atoms with E-state index in [1.54, 1.807) is 7.11 Å². The van der Waals surface area contributed by atoms with E-state index in [1.807, 2.05) is 6.07 Å². The molecule has 2 aromatic carbocycles. The number of amides is 1. The molecule has 1 aliphatic carbocycles. The molecule has 0 spiro atoms. The Morgan fingerprint density at radius 1 is 1.07 bits per heavy atom. The van der Waals surface area contributed by atoms with Gasteiger partial charge in [0, 0.05) is 18.4 Å². The predicted octanol–water partition coefficient (Wildman–Crippen LogP) is 4.79. The van der Waals surface area contributed by atoms with E-state index in [0.29, 0.717) is 18.6 Å². The molecule has 0 bridgehead atoms. The van der Waals surface area contributed by atoms with Crippen molar-refractivity contribution in [2.24, 2.45) is 5.92 Å². The SMILES string of the molecule is COc1ccc(C2CNC(=O)C(Cc3cccc(C)c3)C2)cc1OC1CCCC1. The van der Waals surface area contributed by atoms with E-state index in [-0.39, 0.29) is 11.8 Å². The van der Waals surface area contributed by atoms with Gasteiger partial charge in [-0.05, 0) is 68.7 Å². The largest absolute Gasteiger partial charge is 0.493 e. The quantitative estimate of drug-likeness (QED) is 0.768.